The molecule has 0 unspecified atom stereocenters. The van der Waals surface area contributed by atoms with Gasteiger partial charge < -0.3 is 9.72 Å². The number of H-pyrrole nitrogens is 1. The Hall–Kier alpha value is -3.36. The molecule has 4 aromatic rings. The fourth-order valence-corrected chi connectivity index (χ4v) is 5.12. The second-order valence-electron chi connectivity index (χ2n) is 9.70. The van der Waals surface area contributed by atoms with E-state index in [9.17, 15) is 4.79 Å². The first-order chi connectivity index (χ1) is 17.6. The Morgan fingerprint density at radius 3 is 2.83 bits per heavy atom. The molecule has 1 aliphatic heterocycles. The van der Waals surface area contributed by atoms with Crippen LogP contribution in [0.25, 0.3) is 10.9 Å². The maximum absolute atomic E-state index is 13.1. The molecule has 0 bridgehead atoms. The number of pyridine rings is 1. The zero-order valence-electron chi connectivity index (χ0n) is 21.1. The second kappa shape index (κ2) is 11.1. The van der Waals surface area contributed by atoms with Gasteiger partial charge in [0, 0.05) is 30.8 Å². The van der Waals surface area contributed by atoms with E-state index in [4.69, 9.17) is 4.74 Å². The van der Waals surface area contributed by atoms with Crippen molar-refractivity contribution in [1.82, 2.24) is 30.1 Å². The standard InChI is InChI=1S/C28H34N6O2/c1-3-26(27-30-31-32-34(27)19-24-10-7-15-36-24)33(14-13-21-8-5-4-6-9-21)18-23-17-22-12-11-20(2)16-25(22)29-28(23)35/h4-6,8-9,11-12,16-17,24,26H,3,7,10,13-15,18-19H2,1-2H3,(H,29,35)/t24-,26-/m1/s1. The summed E-state index contributed by atoms with van der Waals surface area (Å²) in [4.78, 5) is 18.5. The van der Waals surface area contributed by atoms with E-state index in [1.165, 1.54) is 5.56 Å². The number of tetrazole rings is 1. The van der Waals surface area contributed by atoms with Crippen molar-refractivity contribution < 1.29 is 4.74 Å². The van der Waals surface area contributed by atoms with Crippen molar-refractivity contribution in [3.63, 3.8) is 0 Å². The second-order valence-corrected chi connectivity index (χ2v) is 9.70. The minimum atomic E-state index is -0.0494. The van der Waals surface area contributed by atoms with Crippen LogP contribution in [0.1, 0.15) is 54.7 Å². The summed E-state index contributed by atoms with van der Waals surface area (Å²) in [6.07, 6.45) is 3.95. The van der Waals surface area contributed by atoms with Crippen LogP contribution in [0.3, 0.4) is 0 Å². The highest BCUT2D eigenvalue weighted by atomic mass is 16.5. The van der Waals surface area contributed by atoms with Gasteiger partial charge in [-0.1, -0.05) is 49.4 Å². The lowest BCUT2D eigenvalue weighted by Gasteiger charge is -2.30. The fraction of sp³-hybridized carbons (Fsp3) is 0.429. The van der Waals surface area contributed by atoms with Gasteiger partial charge in [-0.2, -0.15) is 0 Å². The molecule has 2 aromatic carbocycles. The maximum atomic E-state index is 13.1. The monoisotopic (exact) mass is 486 g/mol. The zero-order valence-corrected chi connectivity index (χ0v) is 21.1. The largest absolute Gasteiger partial charge is 0.376 e. The number of aryl methyl sites for hydroxylation is 1. The fourth-order valence-electron chi connectivity index (χ4n) is 5.12. The number of hydrogen-bond donors (Lipinski definition) is 1. The lowest BCUT2D eigenvalue weighted by Crippen LogP contribution is -2.34. The number of benzene rings is 2. The number of nitrogens with zero attached hydrogens (tertiary/aromatic N) is 5. The molecule has 0 amide bonds. The van der Waals surface area contributed by atoms with E-state index in [0.29, 0.717) is 13.1 Å². The lowest BCUT2D eigenvalue weighted by atomic mass is 10.1. The van der Waals surface area contributed by atoms with Crippen LogP contribution in [0, 0.1) is 6.92 Å². The Morgan fingerprint density at radius 2 is 2.06 bits per heavy atom. The summed E-state index contributed by atoms with van der Waals surface area (Å²) in [5.41, 5.74) is 3.95. The van der Waals surface area contributed by atoms with Gasteiger partial charge in [-0.3, -0.25) is 9.69 Å². The molecule has 8 nitrogen and oxygen atoms in total. The molecule has 188 valence electrons. The number of hydrogen-bond acceptors (Lipinski definition) is 6. The van der Waals surface area contributed by atoms with Crippen molar-refractivity contribution in [3.05, 3.63) is 87.5 Å². The maximum Gasteiger partial charge on any atom is 0.252 e. The molecular weight excluding hydrogens is 452 g/mol. The summed E-state index contributed by atoms with van der Waals surface area (Å²) >= 11 is 0. The summed E-state index contributed by atoms with van der Waals surface area (Å²) in [6, 6.07) is 18.6. The third-order valence-electron chi connectivity index (χ3n) is 7.07. The number of aromatic amines is 1. The predicted molar refractivity (Wildman–Crippen MR) is 140 cm³/mol. The van der Waals surface area contributed by atoms with Crippen LogP contribution in [0.2, 0.25) is 0 Å². The van der Waals surface area contributed by atoms with Crippen molar-refractivity contribution in [3.8, 4) is 0 Å². The number of rotatable bonds is 10. The van der Waals surface area contributed by atoms with Crippen molar-refractivity contribution >= 4 is 10.9 Å². The van der Waals surface area contributed by atoms with Gasteiger partial charge in [0.2, 0.25) is 0 Å². The molecule has 0 aliphatic carbocycles. The molecule has 1 saturated heterocycles. The Balaban J connectivity index is 1.45. The van der Waals surface area contributed by atoms with Gasteiger partial charge in [-0.25, -0.2) is 4.68 Å². The van der Waals surface area contributed by atoms with Gasteiger partial charge in [0.05, 0.1) is 18.7 Å². The van der Waals surface area contributed by atoms with E-state index < -0.39 is 0 Å². The third kappa shape index (κ3) is 5.55. The number of ether oxygens (including phenoxy) is 1. The highest BCUT2D eigenvalue weighted by Gasteiger charge is 2.27. The lowest BCUT2D eigenvalue weighted by molar-refractivity contribution is 0.0893. The van der Waals surface area contributed by atoms with Crippen LogP contribution in [-0.4, -0.2) is 49.3 Å². The molecule has 2 atom stereocenters. The average molecular weight is 487 g/mol. The van der Waals surface area contributed by atoms with Crippen LogP contribution in [0.15, 0.2) is 59.4 Å². The molecule has 2 aromatic heterocycles. The number of aromatic nitrogens is 5. The molecule has 1 N–H and O–H groups in total. The molecular formula is C28H34N6O2. The third-order valence-corrected chi connectivity index (χ3v) is 7.07. The Labute approximate surface area is 211 Å². The van der Waals surface area contributed by atoms with E-state index in [-0.39, 0.29) is 17.7 Å². The topological polar surface area (TPSA) is 88.9 Å². The average Bonchev–Trinajstić information content (AvgIpc) is 3.57. The molecule has 36 heavy (non-hydrogen) atoms. The number of nitrogens with one attached hydrogen (secondary N) is 1. The summed E-state index contributed by atoms with van der Waals surface area (Å²) in [5.74, 6) is 0.828. The summed E-state index contributed by atoms with van der Waals surface area (Å²) < 4.78 is 7.74. The van der Waals surface area contributed by atoms with E-state index in [0.717, 1.165) is 66.7 Å². The molecule has 1 aliphatic rings. The van der Waals surface area contributed by atoms with Gasteiger partial charge >= 0.3 is 0 Å². The van der Waals surface area contributed by atoms with Crippen LogP contribution in [-0.2, 0) is 24.2 Å². The summed E-state index contributed by atoms with van der Waals surface area (Å²) in [7, 11) is 0. The highest BCUT2D eigenvalue weighted by Crippen LogP contribution is 2.26. The quantitative estimate of drug-likeness (QED) is 0.361. The van der Waals surface area contributed by atoms with Crippen molar-refractivity contribution in [2.24, 2.45) is 0 Å². The molecule has 3 heterocycles. The van der Waals surface area contributed by atoms with Crippen molar-refractivity contribution in [2.45, 2.75) is 64.8 Å². The molecule has 0 spiro atoms. The van der Waals surface area contributed by atoms with Crippen LogP contribution in [0.4, 0.5) is 0 Å². The van der Waals surface area contributed by atoms with E-state index in [2.05, 4.69) is 68.7 Å². The van der Waals surface area contributed by atoms with Gasteiger partial charge in [-0.05, 0) is 71.7 Å². The van der Waals surface area contributed by atoms with Gasteiger partial charge in [-0.15, -0.1) is 5.10 Å². The summed E-state index contributed by atoms with van der Waals surface area (Å²) in [6.45, 7) is 6.92. The normalized spacial score (nSPS) is 16.7. The van der Waals surface area contributed by atoms with Gasteiger partial charge in [0.25, 0.3) is 5.56 Å². The minimum Gasteiger partial charge on any atom is -0.376 e. The number of fused-ring (bicyclic) bond motifs is 1. The van der Waals surface area contributed by atoms with Crippen LogP contribution in [0.5, 0.6) is 0 Å². The van der Waals surface area contributed by atoms with Crippen LogP contribution < -0.4 is 5.56 Å². The Bertz CT molecular complexity index is 1340. The first kappa shape index (κ1) is 24.3. The first-order valence-electron chi connectivity index (χ1n) is 12.9. The van der Waals surface area contributed by atoms with Crippen molar-refractivity contribution in [2.75, 3.05) is 13.2 Å². The van der Waals surface area contributed by atoms with Gasteiger partial charge in [0.1, 0.15) is 0 Å². The van der Waals surface area contributed by atoms with E-state index in [1.807, 2.05) is 29.8 Å². The molecule has 8 heteroatoms. The Kier molecular flexibility index (Phi) is 7.53. The predicted octanol–water partition coefficient (Wildman–Crippen LogP) is 4.20. The molecule has 5 rings (SSSR count). The highest BCUT2D eigenvalue weighted by molar-refractivity contribution is 5.79. The first-order valence-corrected chi connectivity index (χ1v) is 12.9. The SMILES string of the molecule is CC[C@H](c1nnnn1C[C@H]1CCCO1)N(CCc1ccccc1)Cc1cc2ccc(C)cc2[nH]c1=O. The Morgan fingerprint density at radius 1 is 1.19 bits per heavy atom. The molecule has 0 radical (unpaired) electrons. The van der Waals surface area contributed by atoms with Crippen molar-refractivity contribution in [1.29, 1.82) is 0 Å². The van der Waals surface area contributed by atoms with Crippen LogP contribution >= 0.6 is 0 Å². The minimum absolute atomic E-state index is 0.0294. The zero-order chi connectivity index (χ0) is 24.9. The molecule has 0 saturated carbocycles. The van der Waals surface area contributed by atoms with E-state index >= 15 is 0 Å². The molecule has 1 fully saturated rings. The smallest absolute Gasteiger partial charge is 0.252 e. The van der Waals surface area contributed by atoms with E-state index in [1.54, 1.807) is 0 Å². The van der Waals surface area contributed by atoms with Gasteiger partial charge in [0.15, 0.2) is 5.82 Å². The summed E-state index contributed by atoms with van der Waals surface area (Å²) in [5, 5.41) is 13.8.